The summed E-state index contributed by atoms with van der Waals surface area (Å²) in [5, 5.41) is 0. The Balaban J connectivity index is 2.03. The van der Waals surface area contributed by atoms with Gasteiger partial charge in [-0.25, -0.2) is 0 Å². The number of thiol groups is 1. The molecule has 0 spiro atoms. The first-order chi connectivity index (χ1) is 6.36. The highest BCUT2D eigenvalue weighted by molar-refractivity contribution is 7.80. The molecule has 0 unspecified atom stereocenters. The molecule has 2 nitrogen and oxygen atoms in total. The Morgan fingerprint density at radius 2 is 2.08 bits per heavy atom. The van der Waals surface area contributed by atoms with Gasteiger partial charge in [0.1, 0.15) is 0 Å². The minimum atomic E-state index is 0.516. The second-order valence-electron chi connectivity index (χ2n) is 3.58. The number of ether oxygens (including phenoxy) is 1. The van der Waals surface area contributed by atoms with E-state index >= 15 is 0 Å². The highest BCUT2D eigenvalue weighted by atomic mass is 32.1. The Bertz CT molecular complexity index is 121. The summed E-state index contributed by atoms with van der Waals surface area (Å²) in [7, 11) is 0. The van der Waals surface area contributed by atoms with E-state index in [0.717, 1.165) is 18.8 Å². The molecule has 1 saturated heterocycles. The maximum absolute atomic E-state index is 5.74. The van der Waals surface area contributed by atoms with Crippen LogP contribution in [0, 0.1) is 0 Å². The topological polar surface area (TPSA) is 12.5 Å². The first-order valence-electron chi connectivity index (χ1n) is 5.31. The molecule has 3 heteroatoms. The molecule has 0 aromatic heterocycles. The van der Waals surface area contributed by atoms with Crippen molar-refractivity contribution in [1.82, 2.24) is 4.90 Å². The number of nitrogens with zero attached hydrogens (tertiary/aromatic N) is 1. The largest absolute Gasteiger partial charge is 0.378 e. The molecule has 0 atom stereocenters. The third kappa shape index (κ3) is 4.34. The average molecular weight is 203 g/mol. The quantitative estimate of drug-likeness (QED) is 0.540. The van der Waals surface area contributed by atoms with E-state index in [4.69, 9.17) is 4.74 Å². The zero-order valence-corrected chi connectivity index (χ0v) is 9.43. The van der Waals surface area contributed by atoms with Crippen LogP contribution in [0.1, 0.15) is 26.2 Å². The van der Waals surface area contributed by atoms with Gasteiger partial charge in [0.2, 0.25) is 0 Å². The molecule has 0 aromatic rings. The second-order valence-corrected chi connectivity index (χ2v) is 4.03. The summed E-state index contributed by atoms with van der Waals surface area (Å²) >= 11 is 4.16. The summed E-state index contributed by atoms with van der Waals surface area (Å²) in [5.74, 6) is 0.938. The molecule has 0 radical (unpaired) electrons. The Hall–Kier alpha value is 0.270. The second kappa shape index (κ2) is 6.68. The number of likely N-dealkylation sites (tertiary alicyclic amines) is 1. The lowest BCUT2D eigenvalue weighted by Gasteiger charge is -2.30. The van der Waals surface area contributed by atoms with Gasteiger partial charge in [0.05, 0.1) is 6.10 Å². The van der Waals surface area contributed by atoms with Gasteiger partial charge in [0.25, 0.3) is 0 Å². The molecular formula is C10H21NOS. The van der Waals surface area contributed by atoms with Crippen LogP contribution in [0.5, 0.6) is 0 Å². The Morgan fingerprint density at radius 3 is 2.62 bits per heavy atom. The summed E-state index contributed by atoms with van der Waals surface area (Å²) in [6, 6.07) is 0. The zero-order chi connectivity index (χ0) is 9.52. The number of piperidine rings is 1. The minimum absolute atomic E-state index is 0.516. The fourth-order valence-corrected chi connectivity index (χ4v) is 1.84. The highest BCUT2D eigenvalue weighted by Crippen LogP contribution is 2.13. The summed E-state index contributed by atoms with van der Waals surface area (Å²) in [6.45, 7) is 6.72. The molecule has 1 rings (SSSR count). The van der Waals surface area contributed by atoms with Crippen molar-refractivity contribution < 1.29 is 4.74 Å². The van der Waals surface area contributed by atoms with Gasteiger partial charge in [-0.05, 0) is 31.6 Å². The summed E-state index contributed by atoms with van der Waals surface area (Å²) < 4.78 is 5.74. The van der Waals surface area contributed by atoms with Crippen LogP contribution in [0.15, 0.2) is 0 Å². The van der Waals surface area contributed by atoms with E-state index in [1.165, 1.54) is 32.5 Å². The first kappa shape index (κ1) is 11.3. The van der Waals surface area contributed by atoms with Crippen molar-refractivity contribution in [1.29, 1.82) is 0 Å². The van der Waals surface area contributed by atoms with E-state index in [-0.39, 0.29) is 0 Å². The first-order valence-corrected chi connectivity index (χ1v) is 5.95. The molecule has 0 saturated carbocycles. The maximum atomic E-state index is 5.74. The molecule has 1 aliphatic rings. The SMILES string of the molecule is CCN1CCC(OCCCS)CC1. The summed E-state index contributed by atoms with van der Waals surface area (Å²) in [6.07, 6.45) is 4.01. The predicted molar refractivity (Wildman–Crippen MR) is 59.6 cm³/mol. The van der Waals surface area contributed by atoms with Crippen molar-refractivity contribution in [3.63, 3.8) is 0 Å². The van der Waals surface area contributed by atoms with Crippen LogP contribution in [0.25, 0.3) is 0 Å². The van der Waals surface area contributed by atoms with E-state index in [2.05, 4.69) is 24.5 Å². The van der Waals surface area contributed by atoms with Gasteiger partial charge >= 0.3 is 0 Å². The summed E-state index contributed by atoms with van der Waals surface area (Å²) in [5.41, 5.74) is 0. The van der Waals surface area contributed by atoms with Crippen LogP contribution in [-0.2, 0) is 4.74 Å². The fourth-order valence-electron chi connectivity index (χ4n) is 1.71. The van der Waals surface area contributed by atoms with Gasteiger partial charge in [-0.3, -0.25) is 0 Å². The van der Waals surface area contributed by atoms with Crippen molar-refractivity contribution >= 4 is 12.6 Å². The van der Waals surface area contributed by atoms with Crippen molar-refractivity contribution in [2.24, 2.45) is 0 Å². The maximum Gasteiger partial charge on any atom is 0.0599 e. The summed E-state index contributed by atoms with van der Waals surface area (Å²) in [4.78, 5) is 2.48. The monoisotopic (exact) mass is 203 g/mol. The van der Waals surface area contributed by atoms with E-state index < -0.39 is 0 Å². The van der Waals surface area contributed by atoms with E-state index in [9.17, 15) is 0 Å². The standard InChI is InChI=1S/C10H21NOS/c1-2-11-6-4-10(5-7-11)12-8-3-9-13/h10,13H,2-9H2,1H3. The molecule has 1 aliphatic heterocycles. The molecule has 0 N–H and O–H groups in total. The Morgan fingerprint density at radius 1 is 1.38 bits per heavy atom. The molecule has 0 aliphatic carbocycles. The van der Waals surface area contributed by atoms with Crippen LogP contribution >= 0.6 is 12.6 Å². The average Bonchev–Trinajstić information content (AvgIpc) is 2.19. The van der Waals surface area contributed by atoms with Gasteiger partial charge < -0.3 is 9.64 Å². The molecule has 78 valence electrons. The van der Waals surface area contributed by atoms with Crippen LogP contribution in [0.3, 0.4) is 0 Å². The van der Waals surface area contributed by atoms with E-state index in [1.807, 2.05) is 0 Å². The zero-order valence-electron chi connectivity index (χ0n) is 8.54. The molecule has 0 bridgehead atoms. The molecule has 1 fully saturated rings. The van der Waals surface area contributed by atoms with Crippen molar-refractivity contribution in [2.75, 3.05) is 32.0 Å². The fraction of sp³-hybridized carbons (Fsp3) is 1.00. The minimum Gasteiger partial charge on any atom is -0.378 e. The van der Waals surface area contributed by atoms with Crippen LogP contribution in [0.4, 0.5) is 0 Å². The smallest absolute Gasteiger partial charge is 0.0599 e. The van der Waals surface area contributed by atoms with E-state index in [1.54, 1.807) is 0 Å². The predicted octanol–water partition coefficient (Wildman–Crippen LogP) is 1.81. The van der Waals surface area contributed by atoms with E-state index in [0.29, 0.717) is 6.10 Å². The third-order valence-electron chi connectivity index (χ3n) is 2.64. The Kier molecular flexibility index (Phi) is 5.83. The number of hydrogen-bond acceptors (Lipinski definition) is 3. The van der Waals surface area contributed by atoms with Gasteiger partial charge in [-0.2, -0.15) is 12.6 Å². The normalized spacial score (nSPS) is 20.8. The third-order valence-corrected chi connectivity index (χ3v) is 2.95. The van der Waals surface area contributed by atoms with Crippen LogP contribution in [0.2, 0.25) is 0 Å². The van der Waals surface area contributed by atoms with Crippen molar-refractivity contribution in [2.45, 2.75) is 32.3 Å². The van der Waals surface area contributed by atoms with Gasteiger partial charge in [0.15, 0.2) is 0 Å². The molecule has 13 heavy (non-hydrogen) atoms. The van der Waals surface area contributed by atoms with Crippen molar-refractivity contribution in [3.8, 4) is 0 Å². The highest BCUT2D eigenvalue weighted by Gasteiger charge is 2.17. The molecule has 1 heterocycles. The number of hydrogen-bond donors (Lipinski definition) is 1. The van der Waals surface area contributed by atoms with Gasteiger partial charge in [-0.15, -0.1) is 0 Å². The van der Waals surface area contributed by atoms with Gasteiger partial charge in [-0.1, -0.05) is 6.92 Å². The Labute approximate surface area is 87.0 Å². The lowest BCUT2D eigenvalue weighted by molar-refractivity contribution is 0.00936. The molecule has 0 amide bonds. The lowest BCUT2D eigenvalue weighted by atomic mass is 10.1. The lowest BCUT2D eigenvalue weighted by Crippen LogP contribution is -2.36. The van der Waals surface area contributed by atoms with Crippen molar-refractivity contribution in [3.05, 3.63) is 0 Å². The van der Waals surface area contributed by atoms with Crippen LogP contribution < -0.4 is 0 Å². The number of rotatable bonds is 5. The molecular weight excluding hydrogens is 182 g/mol. The van der Waals surface area contributed by atoms with Gasteiger partial charge in [0, 0.05) is 19.7 Å². The molecule has 0 aromatic carbocycles. The van der Waals surface area contributed by atoms with Crippen LogP contribution in [-0.4, -0.2) is 43.0 Å².